The first-order valence-electron chi connectivity index (χ1n) is 7.42. The molecule has 2 N–H and O–H groups in total. The monoisotopic (exact) mass is 381 g/mol. The van der Waals surface area contributed by atoms with Crippen molar-refractivity contribution in [1.29, 1.82) is 0 Å². The van der Waals surface area contributed by atoms with Crippen LogP contribution in [0.25, 0.3) is 0 Å². The smallest absolute Gasteiger partial charge is 0.406 e. The van der Waals surface area contributed by atoms with Gasteiger partial charge in [-0.25, -0.2) is 4.39 Å². The predicted octanol–water partition coefficient (Wildman–Crippen LogP) is 5.38. The number of nitrogens with two attached hydrogens (primary N) is 1. The molecule has 0 aliphatic rings. The lowest BCUT2D eigenvalue weighted by atomic mass is 9.98. The number of rotatable bonds is 5. The second kappa shape index (κ2) is 7.53. The summed E-state index contributed by atoms with van der Waals surface area (Å²) in [6, 6.07) is 6.25. The van der Waals surface area contributed by atoms with E-state index in [-0.39, 0.29) is 18.4 Å². The zero-order valence-electron chi connectivity index (χ0n) is 13.2. The van der Waals surface area contributed by atoms with E-state index < -0.39 is 35.7 Å². The first kappa shape index (κ1) is 20.0. The van der Waals surface area contributed by atoms with Gasteiger partial charge < -0.3 is 10.5 Å². The van der Waals surface area contributed by atoms with Crippen molar-refractivity contribution in [3.05, 3.63) is 65.0 Å². The van der Waals surface area contributed by atoms with Gasteiger partial charge in [0.2, 0.25) is 0 Å². The Kier molecular flexibility index (Phi) is 5.80. The summed E-state index contributed by atoms with van der Waals surface area (Å²) < 4.78 is 91.3. The SMILES string of the molecule is NC(CCc1ccc(C(F)(F)F)cc1)c1ccc(OC(F)(F)F)cc1F. The Hall–Kier alpha value is -2.29. The maximum absolute atomic E-state index is 13.9. The van der Waals surface area contributed by atoms with E-state index in [4.69, 9.17) is 5.73 Å². The second-order valence-corrected chi connectivity index (χ2v) is 5.57. The van der Waals surface area contributed by atoms with Crippen LogP contribution in [0.1, 0.15) is 29.2 Å². The minimum atomic E-state index is -4.93. The van der Waals surface area contributed by atoms with Crippen LogP contribution >= 0.6 is 0 Å². The first-order chi connectivity index (χ1) is 12.0. The van der Waals surface area contributed by atoms with Gasteiger partial charge in [0.05, 0.1) is 5.56 Å². The summed E-state index contributed by atoms with van der Waals surface area (Å²) in [5.41, 5.74) is 5.62. The molecule has 0 aromatic heterocycles. The zero-order chi connectivity index (χ0) is 19.5. The molecule has 0 bridgehead atoms. The standard InChI is InChI=1S/C17H14F7NO/c18-14-9-12(26-17(22,23)24)6-7-13(14)15(25)8-3-10-1-4-11(5-2-10)16(19,20)21/h1-2,4-7,9,15H,3,8,25H2. The molecule has 0 saturated heterocycles. The second-order valence-electron chi connectivity index (χ2n) is 5.57. The molecule has 26 heavy (non-hydrogen) atoms. The quantitative estimate of drug-likeness (QED) is 0.707. The third kappa shape index (κ3) is 5.62. The van der Waals surface area contributed by atoms with E-state index in [1.165, 1.54) is 12.1 Å². The molecule has 0 aliphatic carbocycles. The Labute approximate surface area is 144 Å². The summed E-state index contributed by atoms with van der Waals surface area (Å²) in [6.45, 7) is 0. The molecule has 1 unspecified atom stereocenters. The number of benzene rings is 2. The molecular weight excluding hydrogens is 367 g/mol. The summed E-state index contributed by atoms with van der Waals surface area (Å²) in [5, 5.41) is 0. The minimum Gasteiger partial charge on any atom is -0.406 e. The lowest BCUT2D eigenvalue weighted by molar-refractivity contribution is -0.274. The molecule has 9 heteroatoms. The Balaban J connectivity index is 2.00. The normalized spacial score (nSPS) is 13.5. The molecule has 2 nitrogen and oxygen atoms in total. The van der Waals surface area contributed by atoms with Crippen molar-refractivity contribution in [2.24, 2.45) is 5.73 Å². The average Bonchev–Trinajstić information content (AvgIpc) is 2.50. The van der Waals surface area contributed by atoms with Crippen molar-refractivity contribution in [3.63, 3.8) is 0 Å². The van der Waals surface area contributed by atoms with Crippen LogP contribution in [-0.2, 0) is 12.6 Å². The molecule has 0 fully saturated rings. The van der Waals surface area contributed by atoms with E-state index in [9.17, 15) is 30.7 Å². The number of hydrogen-bond acceptors (Lipinski definition) is 2. The van der Waals surface area contributed by atoms with E-state index >= 15 is 0 Å². The molecule has 0 radical (unpaired) electrons. The Bertz CT molecular complexity index is 738. The largest absolute Gasteiger partial charge is 0.573 e. The summed E-state index contributed by atoms with van der Waals surface area (Å²) in [4.78, 5) is 0. The molecule has 2 rings (SSSR count). The minimum absolute atomic E-state index is 0.00793. The van der Waals surface area contributed by atoms with Gasteiger partial charge in [0.15, 0.2) is 0 Å². The van der Waals surface area contributed by atoms with Crippen LogP contribution in [0.3, 0.4) is 0 Å². The number of halogens is 7. The van der Waals surface area contributed by atoms with Gasteiger partial charge in [0.1, 0.15) is 11.6 Å². The third-order valence-corrected chi connectivity index (χ3v) is 3.63. The topological polar surface area (TPSA) is 35.2 Å². The molecule has 2 aromatic carbocycles. The fraction of sp³-hybridized carbons (Fsp3) is 0.294. The highest BCUT2D eigenvalue weighted by Gasteiger charge is 2.31. The maximum Gasteiger partial charge on any atom is 0.573 e. The van der Waals surface area contributed by atoms with Crippen LogP contribution in [0.15, 0.2) is 42.5 Å². The molecular formula is C17H14F7NO. The van der Waals surface area contributed by atoms with Gasteiger partial charge in [0, 0.05) is 17.7 Å². The van der Waals surface area contributed by atoms with Crippen LogP contribution in [0.5, 0.6) is 5.75 Å². The predicted molar refractivity (Wildman–Crippen MR) is 79.8 cm³/mol. The maximum atomic E-state index is 13.9. The highest BCUT2D eigenvalue weighted by molar-refractivity contribution is 5.31. The number of hydrogen-bond donors (Lipinski definition) is 1. The van der Waals surface area contributed by atoms with E-state index in [0.717, 1.165) is 24.3 Å². The third-order valence-electron chi connectivity index (χ3n) is 3.63. The van der Waals surface area contributed by atoms with Gasteiger partial charge in [-0.1, -0.05) is 18.2 Å². The molecule has 1 atom stereocenters. The van der Waals surface area contributed by atoms with Gasteiger partial charge in [-0.2, -0.15) is 13.2 Å². The van der Waals surface area contributed by atoms with Crippen molar-refractivity contribution >= 4 is 0 Å². The van der Waals surface area contributed by atoms with Crippen LogP contribution in [0, 0.1) is 5.82 Å². The average molecular weight is 381 g/mol. The summed E-state index contributed by atoms with van der Waals surface area (Å²) in [7, 11) is 0. The van der Waals surface area contributed by atoms with Crippen molar-refractivity contribution in [3.8, 4) is 5.75 Å². The molecule has 0 spiro atoms. The van der Waals surface area contributed by atoms with Crippen LogP contribution in [0.2, 0.25) is 0 Å². The first-order valence-corrected chi connectivity index (χ1v) is 7.42. The van der Waals surface area contributed by atoms with E-state index in [1.807, 2.05) is 0 Å². The van der Waals surface area contributed by atoms with E-state index in [2.05, 4.69) is 4.74 Å². The van der Waals surface area contributed by atoms with Gasteiger partial charge in [-0.15, -0.1) is 13.2 Å². The molecule has 142 valence electrons. The number of ether oxygens (including phenoxy) is 1. The van der Waals surface area contributed by atoms with Gasteiger partial charge in [0.25, 0.3) is 0 Å². The summed E-state index contributed by atoms with van der Waals surface area (Å²) in [5.74, 6) is -1.65. The number of alkyl halides is 6. The molecule has 0 heterocycles. The highest BCUT2D eigenvalue weighted by atomic mass is 19.4. The Morgan fingerprint density at radius 2 is 1.54 bits per heavy atom. The van der Waals surface area contributed by atoms with Gasteiger partial charge in [-0.3, -0.25) is 0 Å². The molecule has 0 amide bonds. The lowest BCUT2D eigenvalue weighted by Gasteiger charge is -2.15. The highest BCUT2D eigenvalue weighted by Crippen LogP contribution is 2.30. The van der Waals surface area contributed by atoms with Gasteiger partial charge in [-0.05, 0) is 36.6 Å². The van der Waals surface area contributed by atoms with Crippen molar-refractivity contribution in [2.45, 2.75) is 31.4 Å². The zero-order valence-corrected chi connectivity index (χ0v) is 13.2. The molecule has 2 aromatic rings. The molecule has 0 saturated carbocycles. The summed E-state index contributed by atoms with van der Waals surface area (Å²) >= 11 is 0. The van der Waals surface area contributed by atoms with E-state index in [1.54, 1.807) is 0 Å². The summed E-state index contributed by atoms with van der Waals surface area (Å²) in [6.07, 6.45) is -8.89. The van der Waals surface area contributed by atoms with Crippen molar-refractivity contribution in [1.82, 2.24) is 0 Å². The Morgan fingerprint density at radius 3 is 2.04 bits per heavy atom. The lowest BCUT2D eigenvalue weighted by Crippen LogP contribution is -2.18. The Morgan fingerprint density at radius 1 is 0.923 bits per heavy atom. The fourth-order valence-electron chi connectivity index (χ4n) is 2.34. The van der Waals surface area contributed by atoms with Gasteiger partial charge >= 0.3 is 12.5 Å². The van der Waals surface area contributed by atoms with Crippen LogP contribution in [-0.4, -0.2) is 6.36 Å². The van der Waals surface area contributed by atoms with Crippen molar-refractivity contribution < 1.29 is 35.5 Å². The van der Waals surface area contributed by atoms with E-state index in [0.29, 0.717) is 11.6 Å². The molecule has 0 aliphatic heterocycles. The van der Waals surface area contributed by atoms with Crippen LogP contribution in [0.4, 0.5) is 30.7 Å². The van der Waals surface area contributed by atoms with Crippen LogP contribution < -0.4 is 10.5 Å². The number of aryl methyl sites for hydroxylation is 1. The van der Waals surface area contributed by atoms with Crippen molar-refractivity contribution in [2.75, 3.05) is 0 Å². The fourth-order valence-corrected chi connectivity index (χ4v) is 2.34.